The van der Waals surface area contributed by atoms with Crippen LogP contribution in [0.15, 0.2) is 47.1 Å². The molecule has 2 heterocycles. The molecule has 0 saturated heterocycles. The van der Waals surface area contributed by atoms with Crippen LogP contribution in [0.4, 0.5) is 0 Å². The van der Waals surface area contributed by atoms with Crippen molar-refractivity contribution in [3.8, 4) is 11.3 Å². The number of aliphatic hydroxyl groups excluding tert-OH is 1. The fourth-order valence-corrected chi connectivity index (χ4v) is 2.52. The van der Waals surface area contributed by atoms with Crippen LogP contribution in [0.2, 0.25) is 5.02 Å². The summed E-state index contributed by atoms with van der Waals surface area (Å²) in [5, 5.41) is 10.3. The smallest absolute Gasteiger partial charge is 0.137 e. The summed E-state index contributed by atoms with van der Waals surface area (Å²) in [5.74, 6) is 0. The Morgan fingerprint density at radius 1 is 1.16 bits per heavy atom. The van der Waals surface area contributed by atoms with Crippen LogP contribution in [0.1, 0.15) is 5.69 Å². The molecular formula is C14H10BrClN2O. The fourth-order valence-electron chi connectivity index (χ4n) is 2.06. The second kappa shape index (κ2) is 4.96. The molecule has 1 N–H and O–H groups in total. The van der Waals surface area contributed by atoms with Gasteiger partial charge in [-0.3, -0.25) is 4.40 Å². The van der Waals surface area contributed by atoms with Crippen molar-refractivity contribution in [1.82, 2.24) is 9.38 Å². The Hall–Kier alpha value is -1.36. The molecule has 0 radical (unpaired) electrons. The van der Waals surface area contributed by atoms with Crippen LogP contribution in [0.5, 0.6) is 0 Å². The zero-order valence-electron chi connectivity index (χ0n) is 9.85. The number of pyridine rings is 1. The van der Waals surface area contributed by atoms with E-state index in [4.69, 9.17) is 11.6 Å². The number of nitrogens with zero attached hydrogens (tertiary/aromatic N) is 2. The minimum absolute atomic E-state index is 0.0738. The van der Waals surface area contributed by atoms with E-state index in [-0.39, 0.29) is 6.61 Å². The molecule has 1 aromatic carbocycles. The Morgan fingerprint density at radius 2 is 1.89 bits per heavy atom. The molecule has 3 nitrogen and oxygen atoms in total. The molecule has 0 spiro atoms. The van der Waals surface area contributed by atoms with Gasteiger partial charge >= 0.3 is 0 Å². The largest absolute Gasteiger partial charge is 0.390 e. The molecule has 3 aromatic rings. The van der Waals surface area contributed by atoms with Crippen molar-refractivity contribution in [3.63, 3.8) is 0 Å². The molecule has 0 aliphatic carbocycles. The van der Waals surface area contributed by atoms with Crippen molar-refractivity contribution in [2.45, 2.75) is 6.61 Å². The fraction of sp³-hybridized carbons (Fsp3) is 0.0714. The maximum atomic E-state index is 9.61. The minimum Gasteiger partial charge on any atom is -0.390 e. The Balaban J connectivity index is 2.25. The van der Waals surface area contributed by atoms with Gasteiger partial charge in [-0.2, -0.15) is 0 Å². The number of aromatic nitrogens is 2. The van der Waals surface area contributed by atoms with Crippen molar-refractivity contribution < 1.29 is 5.11 Å². The van der Waals surface area contributed by atoms with Gasteiger partial charge in [-0.15, -0.1) is 0 Å². The molecular weight excluding hydrogens is 328 g/mol. The van der Waals surface area contributed by atoms with E-state index >= 15 is 0 Å². The summed E-state index contributed by atoms with van der Waals surface area (Å²) in [6.07, 6.45) is 1.90. The molecule has 0 atom stereocenters. The highest BCUT2D eigenvalue weighted by molar-refractivity contribution is 9.10. The normalized spacial score (nSPS) is 11.1. The molecule has 2 aromatic heterocycles. The molecule has 19 heavy (non-hydrogen) atoms. The first-order valence-electron chi connectivity index (χ1n) is 5.72. The van der Waals surface area contributed by atoms with Gasteiger partial charge in [-0.25, -0.2) is 4.98 Å². The van der Waals surface area contributed by atoms with Crippen LogP contribution in [-0.2, 0) is 6.61 Å². The molecule has 0 fully saturated rings. The predicted octanol–water partition coefficient (Wildman–Crippen LogP) is 3.91. The van der Waals surface area contributed by atoms with E-state index in [0.29, 0.717) is 5.02 Å². The SMILES string of the molecule is OCc1c(-c2ccc(Cl)cc2)nc2ccc(Br)cn12. The molecule has 5 heteroatoms. The van der Waals surface area contributed by atoms with Gasteiger partial charge in [0.15, 0.2) is 0 Å². The molecule has 0 aliphatic rings. The Kier molecular flexibility index (Phi) is 3.31. The third-order valence-corrected chi connectivity index (χ3v) is 3.67. The summed E-state index contributed by atoms with van der Waals surface area (Å²) in [6.45, 7) is -0.0738. The van der Waals surface area contributed by atoms with Crippen molar-refractivity contribution in [2.24, 2.45) is 0 Å². The molecule has 96 valence electrons. The van der Waals surface area contributed by atoms with Crippen LogP contribution < -0.4 is 0 Å². The number of hydrogen-bond acceptors (Lipinski definition) is 2. The summed E-state index contributed by atoms with van der Waals surface area (Å²) in [7, 11) is 0. The topological polar surface area (TPSA) is 37.5 Å². The first kappa shape index (κ1) is 12.7. The highest BCUT2D eigenvalue weighted by atomic mass is 79.9. The van der Waals surface area contributed by atoms with E-state index in [0.717, 1.165) is 27.1 Å². The van der Waals surface area contributed by atoms with Crippen molar-refractivity contribution in [1.29, 1.82) is 0 Å². The standard InChI is InChI=1S/C14H10BrClN2O/c15-10-3-6-13-17-14(12(8-19)18(13)7-10)9-1-4-11(16)5-2-9/h1-7,19H,8H2. The van der Waals surface area contributed by atoms with E-state index in [1.54, 1.807) is 0 Å². The Bertz CT molecular complexity index is 737. The van der Waals surface area contributed by atoms with E-state index in [9.17, 15) is 5.11 Å². The maximum Gasteiger partial charge on any atom is 0.137 e. The summed E-state index contributed by atoms with van der Waals surface area (Å²) in [5.41, 5.74) is 3.28. The molecule has 0 saturated carbocycles. The monoisotopic (exact) mass is 336 g/mol. The number of fused-ring (bicyclic) bond motifs is 1. The number of imidazole rings is 1. The summed E-state index contributed by atoms with van der Waals surface area (Å²) >= 11 is 9.31. The first-order valence-corrected chi connectivity index (χ1v) is 6.89. The van der Waals surface area contributed by atoms with Crippen molar-refractivity contribution in [3.05, 3.63) is 57.8 Å². The van der Waals surface area contributed by atoms with Gasteiger partial charge in [0.1, 0.15) is 5.65 Å². The second-order valence-corrected chi connectivity index (χ2v) is 5.50. The summed E-state index contributed by atoms with van der Waals surface area (Å²) in [4.78, 5) is 4.56. The Labute approximate surface area is 123 Å². The lowest BCUT2D eigenvalue weighted by Crippen LogP contribution is -1.94. The number of rotatable bonds is 2. The first-order chi connectivity index (χ1) is 9.19. The van der Waals surface area contributed by atoms with Gasteiger partial charge < -0.3 is 5.11 Å². The zero-order chi connectivity index (χ0) is 13.4. The molecule has 3 rings (SSSR count). The third-order valence-electron chi connectivity index (χ3n) is 2.95. The van der Waals surface area contributed by atoms with Gasteiger partial charge in [-0.1, -0.05) is 23.7 Å². The summed E-state index contributed by atoms with van der Waals surface area (Å²) in [6, 6.07) is 11.3. The van der Waals surface area contributed by atoms with Gasteiger partial charge in [-0.05, 0) is 40.2 Å². The average Bonchev–Trinajstić information content (AvgIpc) is 2.77. The number of aliphatic hydroxyl groups is 1. The molecule has 0 aliphatic heterocycles. The second-order valence-electron chi connectivity index (χ2n) is 4.15. The highest BCUT2D eigenvalue weighted by Crippen LogP contribution is 2.26. The third kappa shape index (κ3) is 2.27. The van der Waals surface area contributed by atoms with E-state index < -0.39 is 0 Å². The van der Waals surface area contributed by atoms with E-state index in [1.165, 1.54) is 0 Å². The number of hydrogen-bond donors (Lipinski definition) is 1. The van der Waals surface area contributed by atoms with Crippen LogP contribution in [0, 0.1) is 0 Å². The van der Waals surface area contributed by atoms with Crippen molar-refractivity contribution >= 4 is 33.2 Å². The molecule has 0 amide bonds. The highest BCUT2D eigenvalue weighted by Gasteiger charge is 2.13. The van der Waals surface area contributed by atoms with Crippen LogP contribution >= 0.6 is 27.5 Å². The number of halogens is 2. The van der Waals surface area contributed by atoms with E-state index in [1.807, 2.05) is 47.0 Å². The number of benzene rings is 1. The summed E-state index contributed by atoms with van der Waals surface area (Å²) < 4.78 is 2.82. The molecule has 0 bridgehead atoms. The quantitative estimate of drug-likeness (QED) is 0.770. The van der Waals surface area contributed by atoms with Crippen LogP contribution in [0.3, 0.4) is 0 Å². The minimum atomic E-state index is -0.0738. The predicted molar refractivity (Wildman–Crippen MR) is 79.3 cm³/mol. The average molecular weight is 338 g/mol. The zero-order valence-corrected chi connectivity index (χ0v) is 12.2. The van der Waals surface area contributed by atoms with Crippen LogP contribution in [-0.4, -0.2) is 14.5 Å². The van der Waals surface area contributed by atoms with E-state index in [2.05, 4.69) is 20.9 Å². The van der Waals surface area contributed by atoms with Gasteiger partial charge in [0.25, 0.3) is 0 Å². The van der Waals surface area contributed by atoms with Gasteiger partial charge in [0.05, 0.1) is 18.0 Å². The lowest BCUT2D eigenvalue weighted by atomic mass is 10.1. The van der Waals surface area contributed by atoms with Crippen LogP contribution in [0.25, 0.3) is 16.9 Å². The van der Waals surface area contributed by atoms with Gasteiger partial charge in [0, 0.05) is 21.3 Å². The lowest BCUT2D eigenvalue weighted by Gasteiger charge is -2.02. The van der Waals surface area contributed by atoms with Gasteiger partial charge in [0.2, 0.25) is 0 Å². The lowest BCUT2D eigenvalue weighted by molar-refractivity contribution is 0.276. The Morgan fingerprint density at radius 3 is 2.58 bits per heavy atom. The maximum absolute atomic E-state index is 9.61. The molecule has 0 unspecified atom stereocenters. The van der Waals surface area contributed by atoms with Crippen molar-refractivity contribution in [2.75, 3.05) is 0 Å².